The molecule has 0 heterocycles. The monoisotopic (exact) mass is 361 g/mol. The molecule has 142 valence electrons. The van der Waals surface area contributed by atoms with Gasteiger partial charge in [0.2, 0.25) is 0 Å². The highest BCUT2D eigenvalue weighted by atomic mass is 31.2. The van der Waals surface area contributed by atoms with Gasteiger partial charge in [-0.15, -0.1) is 0 Å². The van der Waals surface area contributed by atoms with Crippen molar-refractivity contribution in [3.05, 3.63) is 0 Å². The predicted octanol–water partition coefficient (Wildman–Crippen LogP) is 4.36. The molecule has 3 rings (SSSR count). The molecule has 24 heavy (non-hydrogen) atoms. The van der Waals surface area contributed by atoms with Crippen LogP contribution >= 0.6 is 7.82 Å². The second-order valence-corrected chi connectivity index (χ2v) is 8.86. The zero-order valence-corrected chi connectivity index (χ0v) is 15.9. The van der Waals surface area contributed by atoms with Gasteiger partial charge in [-0.3, -0.25) is 4.90 Å². The summed E-state index contributed by atoms with van der Waals surface area (Å²) < 4.78 is 8.88. The van der Waals surface area contributed by atoms with Crippen molar-refractivity contribution < 1.29 is 19.2 Å². The van der Waals surface area contributed by atoms with Crippen molar-refractivity contribution in [3.63, 3.8) is 0 Å². The number of phosphoric acid groups is 1. The van der Waals surface area contributed by atoms with Gasteiger partial charge < -0.3 is 14.7 Å². The average Bonchev–Trinajstić information content (AvgIpc) is 2.57. The molecule has 3 N–H and O–H groups in total. The number of hydrogen-bond donors (Lipinski definition) is 3. The van der Waals surface area contributed by atoms with Crippen LogP contribution in [-0.2, 0) is 4.57 Å². The van der Waals surface area contributed by atoms with Gasteiger partial charge in [-0.2, -0.15) is 0 Å². The van der Waals surface area contributed by atoms with Gasteiger partial charge in [0, 0.05) is 18.1 Å². The van der Waals surface area contributed by atoms with Crippen molar-refractivity contribution >= 4 is 7.82 Å². The van der Waals surface area contributed by atoms with Crippen LogP contribution in [0.3, 0.4) is 0 Å². The van der Waals surface area contributed by atoms with Crippen LogP contribution in [0, 0.1) is 0 Å². The van der Waals surface area contributed by atoms with E-state index in [-0.39, 0.29) is 0 Å². The van der Waals surface area contributed by atoms with Crippen molar-refractivity contribution in [3.8, 4) is 0 Å². The van der Waals surface area contributed by atoms with Crippen LogP contribution in [0.25, 0.3) is 0 Å². The standard InChI is InChI=1S/C18H33N.H3O4P/c1-4-10-16(11-5-1)19(17-12-6-2-7-13-17)18-14-8-3-9-15-18;1-5(2,3)4/h16-18H,1-15H2;(H3,1,2,3,4). The fraction of sp³-hybridized carbons (Fsp3) is 1.00. The Morgan fingerprint density at radius 2 is 0.750 bits per heavy atom. The maximum absolute atomic E-state index is 8.88. The number of nitrogens with zero attached hydrogens (tertiary/aromatic N) is 1. The molecule has 0 spiro atoms. The Morgan fingerprint density at radius 3 is 0.958 bits per heavy atom. The lowest BCUT2D eigenvalue weighted by Gasteiger charge is -2.47. The Bertz CT molecular complexity index is 331. The van der Waals surface area contributed by atoms with Crippen LogP contribution in [0.4, 0.5) is 0 Å². The second kappa shape index (κ2) is 10.3. The minimum atomic E-state index is -4.64. The molecular weight excluding hydrogens is 325 g/mol. The molecule has 0 aromatic heterocycles. The summed E-state index contributed by atoms with van der Waals surface area (Å²) in [5, 5.41) is 0. The second-order valence-electron chi connectivity index (χ2n) is 7.84. The first-order chi connectivity index (χ1) is 11.4. The Morgan fingerprint density at radius 1 is 0.542 bits per heavy atom. The van der Waals surface area contributed by atoms with E-state index in [2.05, 4.69) is 4.90 Å². The molecule has 0 saturated heterocycles. The average molecular weight is 361 g/mol. The third-order valence-corrected chi connectivity index (χ3v) is 5.99. The van der Waals surface area contributed by atoms with Gasteiger partial charge in [-0.1, -0.05) is 57.8 Å². The first-order valence-corrected chi connectivity index (χ1v) is 11.6. The van der Waals surface area contributed by atoms with Crippen molar-refractivity contribution in [2.45, 2.75) is 114 Å². The quantitative estimate of drug-likeness (QED) is 0.651. The Kier molecular flexibility index (Phi) is 8.73. The highest BCUT2D eigenvalue weighted by Crippen LogP contribution is 2.35. The third kappa shape index (κ3) is 7.53. The van der Waals surface area contributed by atoms with Gasteiger partial charge >= 0.3 is 7.82 Å². The van der Waals surface area contributed by atoms with Crippen molar-refractivity contribution in [1.82, 2.24) is 4.90 Å². The summed E-state index contributed by atoms with van der Waals surface area (Å²) in [7, 11) is -4.64. The van der Waals surface area contributed by atoms with Crippen molar-refractivity contribution in [2.24, 2.45) is 0 Å². The molecule has 0 amide bonds. The van der Waals surface area contributed by atoms with E-state index in [4.69, 9.17) is 19.2 Å². The van der Waals surface area contributed by atoms with Gasteiger partial charge in [0.15, 0.2) is 0 Å². The lowest BCUT2D eigenvalue weighted by Crippen LogP contribution is -2.51. The molecule has 3 fully saturated rings. The maximum atomic E-state index is 8.88. The maximum Gasteiger partial charge on any atom is 0.466 e. The van der Waals surface area contributed by atoms with E-state index < -0.39 is 7.82 Å². The largest absolute Gasteiger partial charge is 0.466 e. The van der Waals surface area contributed by atoms with Gasteiger partial charge in [0.25, 0.3) is 0 Å². The summed E-state index contributed by atoms with van der Waals surface area (Å²) in [6, 6.07) is 2.87. The Labute approximate surface area is 147 Å². The highest BCUT2D eigenvalue weighted by molar-refractivity contribution is 7.45. The zero-order chi connectivity index (χ0) is 17.4. The van der Waals surface area contributed by atoms with E-state index in [1.807, 2.05) is 0 Å². The molecule has 5 nitrogen and oxygen atoms in total. The molecule has 6 heteroatoms. The molecule has 0 atom stereocenters. The molecule has 0 unspecified atom stereocenters. The van der Waals surface area contributed by atoms with E-state index in [0.29, 0.717) is 0 Å². The van der Waals surface area contributed by atoms with Crippen LogP contribution in [0.1, 0.15) is 96.3 Å². The zero-order valence-electron chi connectivity index (χ0n) is 15.0. The van der Waals surface area contributed by atoms with E-state index in [1.54, 1.807) is 0 Å². The molecule has 3 aliphatic rings. The summed E-state index contributed by atoms with van der Waals surface area (Å²) in [4.78, 5) is 24.6. The molecule has 0 aromatic carbocycles. The number of hydrogen-bond acceptors (Lipinski definition) is 2. The minimum absolute atomic E-state index is 0.958. The fourth-order valence-corrected chi connectivity index (χ4v) is 5.03. The van der Waals surface area contributed by atoms with Crippen LogP contribution in [-0.4, -0.2) is 37.7 Å². The van der Waals surface area contributed by atoms with E-state index in [9.17, 15) is 0 Å². The number of rotatable bonds is 3. The van der Waals surface area contributed by atoms with Gasteiger partial charge in [-0.05, 0) is 38.5 Å². The molecule has 3 saturated carbocycles. The molecule has 3 aliphatic carbocycles. The van der Waals surface area contributed by atoms with Gasteiger partial charge in [0.1, 0.15) is 0 Å². The fourth-order valence-electron chi connectivity index (χ4n) is 5.03. The predicted molar refractivity (Wildman–Crippen MR) is 96.7 cm³/mol. The summed E-state index contributed by atoms with van der Waals surface area (Å²) in [5.74, 6) is 0. The van der Waals surface area contributed by atoms with E-state index in [0.717, 1.165) is 18.1 Å². The lowest BCUT2D eigenvalue weighted by atomic mass is 9.84. The Balaban J connectivity index is 0.000000368. The normalized spacial score (nSPS) is 25.3. The van der Waals surface area contributed by atoms with Crippen LogP contribution in [0.5, 0.6) is 0 Å². The van der Waals surface area contributed by atoms with Crippen molar-refractivity contribution in [1.29, 1.82) is 0 Å². The first kappa shape index (κ1) is 20.4. The minimum Gasteiger partial charge on any atom is -0.303 e. The van der Waals surface area contributed by atoms with Crippen LogP contribution in [0.15, 0.2) is 0 Å². The molecule has 0 bridgehead atoms. The van der Waals surface area contributed by atoms with Crippen LogP contribution < -0.4 is 0 Å². The summed E-state index contributed by atoms with van der Waals surface area (Å²) >= 11 is 0. The van der Waals surface area contributed by atoms with E-state index >= 15 is 0 Å². The van der Waals surface area contributed by atoms with E-state index in [1.165, 1.54) is 96.3 Å². The van der Waals surface area contributed by atoms with Gasteiger partial charge in [-0.25, -0.2) is 4.57 Å². The smallest absolute Gasteiger partial charge is 0.303 e. The molecule has 0 aliphatic heterocycles. The lowest BCUT2D eigenvalue weighted by molar-refractivity contribution is 0.0221. The highest BCUT2D eigenvalue weighted by Gasteiger charge is 2.34. The molecule has 0 radical (unpaired) electrons. The summed E-state index contributed by atoms with van der Waals surface area (Å²) in [6.45, 7) is 0. The summed E-state index contributed by atoms with van der Waals surface area (Å²) in [5.41, 5.74) is 0. The van der Waals surface area contributed by atoms with Gasteiger partial charge in [0.05, 0.1) is 0 Å². The third-order valence-electron chi connectivity index (χ3n) is 5.99. The first-order valence-electron chi connectivity index (χ1n) is 10.0. The van der Waals surface area contributed by atoms with Crippen molar-refractivity contribution in [2.75, 3.05) is 0 Å². The SMILES string of the molecule is C1CCC(N(C2CCCCC2)C2CCCCC2)CC1.O=P(O)(O)O. The van der Waals surface area contributed by atoms with Crippen LogP contribution in [0.2, 0.25) is 0 Å². The molecule has 0 aromatic rings. The Hall–Kier alpha value is 0.0700. The topological polar surface area (TPSA) is 81.0 Å². The summed E-state index contributed by atoms with van der Waals surface area (Å²) in [6.07, 6.45) is 22.5. The molecular formula is C18H36NO4P.